The average Bonchev–Trinajstić information content (AvgIpc) is 3.02. The van der Waals surface area contributed by atoms with Crippen molar-refractivity contribution >= 4 is 45.6 Å². The van der Waals surface area contributed by atoms with Gasteiger partial charge in [-0.3, -0.25) is 10.1 Å². The number of methoxy groups -OCH3 is 1. The number of halogens is 2. The van der Waals surface area contributed by atoms with Gasteiger partial charge in [-0.25, -0.2) is 0 Å². The van der Waals surface area contributed by atoms with Crippen LogP contribution < -0.4 is 10.1 Å². The Morgan fingerprint density at radius 3 is 2.76 bits per heavy atom. The first kappa shape index (κ1) is 17.7. The lowest BCUT2D eigenvalue weighted by atomic mass is 10.1. The number of para-hydroxylation sites is 1. The van der Waals surface area contributed by atoms with Gasteiger partial charge in [0.15, 0.2) is 0 Å². The molecule has 2 aromatic carbocycles. The van der Waals surface area contributed by atoms with Crippen LogP contribution in [0, 0.1) is 0 Å². The summed E-state index contributed by atoms with van der Waals surface area (Å²) in [6.07, 6.45) is 0.569. The van der Waals surface area contributed by atoms with E-state index < -0.39 is 0 Å². The van der Waals surface area contributed by atoms with Crippen LogP contribution in [0.1, 0.15) is 20.9 Å². The molecule has 5 nitrogen and oxygen atoms in total. The summed E-state index contributed by atoms with van der Waals surface area (Å²) in [5, 5.41) is 12.7. The van der Waals surface area contributed by atoms with Gasteiger partial charge in [-0.2, -0.15) is 0 Å². The molecule has 0 bridgehead atoms. The van der Waals surface area contributed by atoms with E-state index in [0.717, 1.165) is 16.3 Å². The Morgan fingerprint density at radius 2 is 2.00 bits per heavy atom. The summed E-state index contributed by atoms with van der Waals surface area (Å²) in [6.45, 7) is 0. The summed E-state index contributed by atoms with van der Waals surface area (Å²) in [6, 6.07) is 12.4. The summed E-state index contributed by atoms with van der Waals surface area (Å²) in [4.78, 5) is 12.3. The zero-order valence-corrected chi connectivity index (χ0v) is 15.5. The van der Waals surface area contributed by atoms with Gasteiger partial charge in [0.1, 0.15) is 10.8 Å². The van der Waals surface area contributed by atoms with Gasteiger partial charge in [0.2, 0.25) is 5.13 Å². The maximum Gasteiger partial charge on any atom is 0.259 e. The Kier molecular flexibility index (Phi) is 5.53. The average molecular weight is 394 g/mol. The molecule has 128 valence electrons. The molecule has 0 atom stereocenters. The van der Waals surface area contributed by atoms with Gasteiger partial charge in [-0.15, -0.1) is 10.2 Å². The van der Waals surface area contributed by atoms with Crippen LogP contribution in [0.5, 0.6) is 5.75 Å². The van der Waals surface area contributed by atoms with Crippen LogP contribution in [-0.2, 0) is 6.42 Å². The fraction of sp³-hybridized carbons (Fsp3) is 0.118. The second kappa shape index (κ2) is 7.82. The first-order valence-corrected chi connectivity index (χ1v) is 8.84. The van der Waals surface area contributed by atoms with Gasteiger partial charge in [0, 0.05) is 17.0 Å². The third-order valence-corrected chi connectivity index (χ3v) is 4.78. The third kappa shape index (κ3) is 4.28. The number of ether oxygens (including phenoxy) is 1. The van der Waals surface area contributed by atoms with Crippen LogP contribution in [0.4, 0.5) is 5.13 Å². The minimum atomic E-state index is -0.360. The lowest BCUT2D eigenvalue weighted by Gasteiger charge is -2.05. The third-order valence-electron chi connectivity index (χ3n) is 3.40. The molecule has 0 fully saturated rings. The van der Waals surface area contributed by atoms with Crippen LogP contribution in [0.25, 0.3) is 0 Å². The molecule has 0 saturated carbocycles. The molecular weight excluding hydrogens is 381 g/mol. The highest BCUT2D eigenvalue weighted by Gasteiger charge is 2.14. The zero-order valence-electron chi connectivity index (χ0n) is 13.1. The van der Waals surface area contributed by atoms with E-state index in [1.807, 2.05) is 24.3 Å². The molecular formula is C17H13Cl2N3O2S. The molecule has 0 unspecified atom stereocenters. The van der Waals surface area contributed by atoms with Crippen molar-refractivity contribution in [1.82, 2.24) is 10.2 Å². The monoisotopic (exact) mass is 393 g/mol. The van der Waals surface area contributed by atoms with Gasteiger partial charge in [0.25, 0.3) is 5.91 Å². The fourth-order valence-electron chi connectivity index (χ4n) is 2.23. The van der Waals surface area contributed by atoms with E-state index in [4.69, 9.17) is 27.9 Å². The van der Waals surface area contributed by atoms with Gasteiger partial charge in [-0.1, -0.05) is 52.7 Å². The zero-order chi connectivity index (χ0) is 17.8. The maximum atomic E-state index is 12.3. The smallest absolute Gasteiger partial charge is 0.259 e. The molecule has 1 heterocycles. The molecule has 0 radical (unpaired) electrons. The Labute approximate surface area is 158 Å². The van der Waals surface area contributed by atoms with E-state index in [1.165, 1.54) is 17.4 Å². The Bertz CT molecular complexity index is 914. The number of nitrogens with zero attached hydrogens (tertiary/aromatic N) is 2. The number of benzene rings is 2. The molecule has 3 aromatic rings. The van der Waals surface area contributed by atoms with Gasteiger partial charge >= 0.3 is 0 Å². The van der Waals surface area contributed by atoms with Gasteiger partial charge < -0.3 is 4.74 Å². The van der Waals surface area contributed by atoms with E-state index in [-0.39, 0.29) is 10.9 Å². The summed E-state index contributed by atoms with van der Waals surface area (Å²) in [5.74, 6) is 0.429. The number of amides is 1. The summed E-state index contributed by atoms with van der Waals surface area (Å²) in [5.41, 5.74) is 1.33. The van der Waals surface area contributed by atoms with Crippen molar-refractivity contribution in [3.8, 4) is 5.75 Å². The molecule has 25 heavy (non-hydrogen) atoms. The van der Waals surface area contributed by atoms with E-state index in [0.29, 0.717) is 22.1 Å². The summed E-state index contributed by atoms with van der Waals surface area (Å²) in [7, 11) is 1.63. The molecule has 0 spiro atoms. The summed E-state index contributed by atoms with van der Waals surface area (Å²) < 4.78 is 5.33. The molecule has 3 rings (SSSR count). The number of carbonyl (C=O) groups is 1. The number of aromatic nitrogens is 2. The summed E-state index contributed by atoms with van der Waals surface area (Å²) >= 11 is 13.2. The van der Waals surface area contributed by atoms with Crippen molar-refractivity contribution in [1.29, 1.82) is 0 Å². The number of hydrogen-bond acceptors (Lipinski definition) is 5. The van der Waals surface area contributed by atoms with Gasteiger partial charge in [-0.05, 0) is 24.3 Å². The van der Waals surface area contributed by atoms with E-state index in [1.54, 1.807) is 19.2 Å². The van der Waals surface area contributed by atoms with E-state index >= 15 is 0 Å². The van der Waals surface area contributed by atoms with Gasteiger partial charge in [0.05, 0.1) is 17.7 Å². The molecule has 1 N–H and O–H groups in total. The van der Waals surface area contributed by atoms with Crippen LogP contribution in [0.2, 0.25) is 10.0 Å². The number of rotatable bonds is 5. The minimum Gasteiger partial charge on any atom is -0.496 e. The van der Waals surface area contributed by atoms with Crippen LogP contribution in [-0.4, -0.2) is 23.2 Å². The fourth-order valence-corrected chi connectivity index (χ4v) is 3.48. The quantitative estimate of drug-likeness (QED) is 0.682. The molecule has 0 aliphatic rings. The molecule has 0 saturated heterocycles. The Morgan fingerprint density at radius 1 is 1.20 bits per heavy atom. The number of nitrogens with one attached hydrogen (secondary N) is 1. The highest BCUT2D eigenvalue weighted by atomic mass is 35.5. The number of anilines is 1. The number of carbonyl (C=O) groups excluding carboxylic acids is 1. The molecule has 1 amide bonds. The first-order valence-electron chi connectivity index (χ1n) is 7.27. The standard InChI is InChI=1S/C17H13Cl2N3O2S/c1-24-14-5-3-2-4-10(14)8-15-21-22-17(25-15)20-16(23)12-7-6-11(18)9-13(12)19/h2-7,9H,8H2,1H3,(H,20,22,23). The predicted molar refractivity (Wildman–Crippen MR) is 100 cm³/mol. The maximum absolute atomic E-state index is 12.3. The minimum absolute atomic E-state index is 0.281. The highest BCUT2D eigenvalue weighted by molar-refractivity contribution is 7.15. The highest BCUT2D eigenvalue weighted by Crippen LogP contribution is 2.26. The van der Waals surface area contributed by atoms with Crippen LogP contribution in [0.3, 0.4) is 0 Å². The van der Waals surface area contributed by atoms with Crippen molar-refractivity contribution in [2.45, 2.75) is 6.42 Å². The second-order valence-electron chi connectivity index (χ2n) is 5.07. The first-order chi connectivity index (χ1) is 12.1. The Balaban J connectivity index is 1.72. The molecule has 0 aliphatic carbocycles. The van der Waals surface area contributed by atoms with Crippen molar-refractivity contribution in [2.75, 3.05) is 12.4 Å². The lowest BCUT2D eigenvalue weighted by Crippen LogP contribution is -2.12. The Hall–Kier alpha value is -2.15. The van der Waals surface area contributed by atoms with Crippen molar-refractivity contribution in [3.05, 3.63) is 68.6 Å². The second-order valence-corrected chi connectivity index (χ2v) is 6.97. The van der Waals surface area contributed by atoms with E-state index in [9.17, 15) is 4.79 Å². The van der Waals surface area contributed by atoms with Crippen molar-refractivity contribution < 1.29 is 9.53 Å². The molecule has 1 aromatic heterocycles. The van der Waals surface area contributed by atoms with Crippen molar-refractivity contribution in [2.24, 2.45) is 0 Å². The molecule has 8 heteroatoms. The predicted octanol–water partition coefficient (Wildman–Crippen LogP) is 4.70. The van der Waals surface area contributed by atoms with E-state index in [2.05, 4.69) is 15.5 Å². The largest absolute Gasteiger partial charge is 0.496 e. The van der Waals surface area contributed by atoms with Crippen molar-refractivity contribution in [3.63, 3.8) is 0 Å². The number of hydrogen-bond donors (Lipinski definition) is 1. The SMILES string of the molecule is COc1ccccc1Cc1nnc(NC(=O)c2ccc(Cl)cc2Cl)s1. The lowest BCUT2D eigenvalue weighted by molar-refractivity contribution is 0.102. The van der Waals surface area contributed by atoms with Crippen LogP contribution >= 0.6 is 34.5 Å². The molecule has 0 aliphatic heterocycles. The normalized spacial score (nSPS) is 10.5. The topological polar surface area (TPSA) is 64.1 Å². The van der Waals surface area contributed by atoms with Crippen LogP contribution in [0.15, 0.2) is 42.5 Å².